The first-order valence-corrected chi connectivity index (χ1v) is 11.7. The number of nitrogens with zero attached hydrogens (tertiary/aromatic N) is 3. The van der Waals surface area contributed by atoms with Gasteiger partial charge < -0.3 is 30.4 Å². The van der Waals surface area contributed by atoms with E-state index in [1.165, 1.54) is 38.6 Å². The third-order valence-corrected chi connectivity index (χ3v) is 5.86. The van der Waals surface area contributed by atoms with Crippen LogP contribution in [0.3, 0.4) is 0 Å². The smallest absolute Gasteiger partial charge is 0.338 e. The summed E-state index contributed by atoms with van der Waals surface area (Å²) in [6.45, 7) is 3.68. The number of nitrogens with one attached hydrogen (secondary N) is 1. The first-order chi connectivity index (χ1) is 18.2. The lowest BCUT2D eigenvalue weighted by molar-refractivity contribution is 0.0334. The largest absolute Gasteiger partial charge is 0.508 e. The fourth-order valence-corrected chi connectivity index (χ4v) is 3.77. The molecule has 0 aliphatic rings. The molecule has 0 fully saturated rings. The lowest BCUT2D eigenvalue weighted by atomic mass is 10.0. The van der Waals surface area contributed by atoms with Gasteiger partial charge in [-0.3, -0.25) is 9.78 Å². The minimum Gasteiger partial charge on any atom is -0.508 e. The van der Waals surface area contributed by atoms with E-state index >= 15 is 0 Å². The number of amides is 1. The zero-order chi connectivity index (χ0) is 27.4. The van der Waals surface area contributed by atoms with Crippen LogP contribution in [0, 0.1) is 0 Å². The second kappa shape index (κ2) is 11.0. The third kappa shape index (κ3) is 5.41. The van der Waals surface area contributed by atoms with Gasteiger partial charge >= 0.3 is 12.0 Å². The molecular formula is C27H27N5O6. The van der Waals surface area contributed by atoms with E-state index in [-0.39, 0.29) is 29.0 Å². The van der Waals surface area contributed by atoms with E-state index in [1.54, 1.807) is 31.3 Å². The van der Waals surface area contributed by atoms with E-state index in [0.717, 1.165) is 5.56 Å². The van der Waals surface area contributed by atoms with Crippen LogP contribution >= 0.6 is 0 Å². The minimum atomic E-state index is -0.701. The minimum absolute atomic E-state index is 0.127. The molecule has 196 valence electrons. The molecule has 2 aromatic carbocycles. The molecule has 0 saturated heterocycles. The van der Waals surface area contributed by atoms with Crippen molar-refractivity contribution in [3.63, 3.8) is 0 Å². The van der Waals surface area contributed by atoms with Gasteiger partial charge in [-0.1, -0.05) is 19.1 Å². The van der Waals surface area contributed by atoms with Crippen LogP contribution in [0.5, 0.6) is 17.6 Å². The number of fused-ring (bicyclic) bond motifs is 1. The predicted octanol–water partition coefficient (Wildman–Crippen LogP) is 4.21. The topological polar surface area (TPSA) is 159 Å². The van der Waals surface area contributed by atoms with Crippen molar-refractivity contribution in [2.45, 2.75) is 26.4 Å². The third-order valence-electron chi connectivity index (χ3n) is 5.86. The zero-order valence-corrected chi connectivity index (χ0v) is 21.3. The van der Waals surface area contributed by atoms with Gasteiger partial charge in [0.1, 0.15) is 5.75 Å². The number of phenols is 1. The van der Waals surface area contributed by atoms with Gasteiger partial charge in [-0.15, -0.1) is 0 Å². The number of benzene rings is 2. The summed E-state index contributed by atoms with van der Waals surface area (Å²) in [5.74, 6) is -1.11. The second-order valence-electron chi connectivity index (χ2n) is 8.44. The van der Waals surface area contributed by atoms with E-state index in [9.17, 15) is 14.7 Å². The standard InChI is InChI=1S/C27H27N5O6/c1-5-14(2)38-26(35)16-8-17(11-18(33)9-16)31-23-19-7-6-15(10-22(19)29-13-21(23)24(28)34)20-12-30-27(37-4)32-25(20)36-3/h6-14,33H,5H2,1-4H3,(H2,28,34)(H,29,31). The summed E-state index contributed by atoms with van der Waals surface area (Å²) < 4.78 is 15.8. The van der Waals surface area contributed by atoms with Crippen molar-refractivity contribution >= 4 is 34.2 Å². The molecule has 2 aromatic heterocycles. The van der Waals surface area contributed by atoms with E-state index in [4.69, 9.17) is 19.9 Å². The zero-order valence-electron chi connectivity index (χ0n) is 21.3. The van der Waals surface area contributed by atoms with Gasteiger partial charge in [0, 0.05) is 29.5 Å². The first-order valence-electron chi connectivity index (χ1n) is 11.7. The number of phenolic OH excluding ortho intramolecular Hbond substituents is 1. The monoisotopic (exact) mass is 517 g/mol. The molecule has 38 heavy (non-hydrogen) atoms. The second-order valence-corrected chi connectivity index (χ2v) is 8.44. The number of hydrogen-bond donors (Lipinski definition) is 3. The summed E-state index contributed by atoms with van der Waals surface area (Å²) in [4.78, 5) is 37.6. The quantitative estimate of drug-likeness (QED) is 0.274. The van der Waals surface area contributed by atoms with Crippen LogP contribution in [0.2, 0.25) is 0 Å². The average molecular weight is 518 g/mol. The Hall–Kier alpha value is -4.93. The van der Waals surface area contributed by atoms with Crippen LogP contribution in [0.1, 0.15) is 41.0 Å². The number of hydrogen-bond acceptors (Lipinski definition) is 10. The van der Waals surface area contributed by atoms with Gasteiger partial charge in [0.25, 0.3) is 5.91 Å². The molecule has 0 bridgehead atoms. The number of primary amides is 1. The first kappa shape index (κ1) is 26.1. The van der Waals surface area contributed by atoms with Crippen molar-refractivity contribution in [1.29, 1.82) is 0 Å². The lowest BCUT2D eigenvalue weighted by Crippen LogP contribution is -2.15. The highest BCUT2D eigenvalue weighted by Crippen LogP contribution is 2.35. The SMILES string of the molecule is CCC(C)OC(=O)c1cc(O)cc(Nc2c(C(N)=O)cnc3cc(-c4cnc(OC)nc4OC)ccc23)c1. The molecule has 11 heteroatoms. The lowest BCUT2D eigenvalue weighted by Gasteiger charge is -2.16. The number of nitrogens with two attached hydrogens (primary N) is 1. The number of ether oxygens (including phenoxy) is 3. The Morgan fingerprint density at radius 1 is 1.08 bits per heavy atom. The average Bonchev–Trinajstić information content (AvgIpc) is 2.91. The highest BCUT2D eigenvalue weighted by Gasteiger charge is 2.18. The molecule has 0 aliphatic carbocycles. The molecule has 4 N–H and O–H groups in total. The van der Waals surface area contributed by atoms with Gasteiger partial charge in [-0.25, -0.2) is 9.78 Å². The number of pyridine rings is 1. The molecule has 4 rings (SSSR count). The Bertz CT molecular complexity index is 1520. The summed E-state index contributed by atoms with van der Waals surface area (Å²) in [7, 11) is 2.96. The number of carbonyl (C=O) groups excluding carboxylic acids is 2. The molecule has 2 heterocycles. The Morgan fingerprint density at radius 3 is 2.55 bits per heavy atom. The fraction of sp³-hybridized carbons (Fsp3) is 0.222. The molecule has 1 atom stereocenters. The summed E-state index contributed by atoms with van der Waals surface area (Å²) in [5, 5.41) is 14.0. The number of aromatic nitrogens is 3. The maximum atomic E-state index is 12.5. The number of anilines is 2. The summed E-state index contributed by atoms with van der Waals surface area (Å²) >= 11 is 0. The highest BCUT2D eigenvalue weighted by molar-refractivity contribution is 6.08. The van der Waals surface area contributed by atoms with E-state index in [0.29, 0.717) is 40.1 Å². The summed E-state index contributed by atoms with van der Waals surface area (Å²) in [6.07, 6.45) is 3.31. The van der Waals surface area contributed by atoms with Crippen LogP contribution < -0.4 is 20.5 Å². The van der Waals surface area contributed by atoms with Crippen molar-refractivity contribution in [2.24, 2.45) is 5.73 Å². The molecule has 0 radical (unpaired) electrons. The van der Waals surface area contributed by atoms with Crippen molar-refractivity contribution < 1.29 is 28.9 Å². The summed E-state index contributed by atoms with van der Waals surface area (Å²) in [6, 6.07) is 9.77. The fourth-order valence-electron chi connectivity index (χ4n) is 3.77. The number of carbonyl (C=O) groups is 2. The van der Waals surface area contributed by atoms with Crippen LogP contribution in [-0.4, -0.2) is 52.3 Å². The van der Waals surface area contributed by atoms with E-state index in [1.807, 2.05) is 6.92 Å². The maximum absolute atomic E-state index is 12.5. The molecule has 0 spiro atoms. The predicted molar refractivity (Wildman–Crippen MR) is 141 cm³/mol. The van der Waals surface area contributed by atoms with Crippen LogP contribution in [0.25, 0.3) is 22.0 Å². The van der Waals surface area contributed by atoms with Gasteiger partial charge in [0.2, 0.25) is 5.88 Å². The normalized spacial score (nSPS) is 11.6. The Labute approximate surface area is 218 Å². The van der Waals surface area contributed by atoms with Gasteiger partial charge in [0.05, 0.1) is 48.2 Å². The van der Waals surface area contributed by atoms with Crippen LogP contribution in [0.4, 0.5) is 11.4 Å². The Kier molecular flexibility index (Phi) is 7.56. The van der Waals surface area contributed by atoms with Gasteiger partial charge in [-0.05, 0) is 37.1 Å². The maximum Gasteiger partial charge on any atom is 0.338 e. The Morgan fingerprint density at radius 2 is 1.87 bits per heavy atom. The van der Waals surface area contributed by atoms with Crippen LogP contribution in [0.15, 0.2) is 48.8 Å². The van der Waals surface area contributed by atoms with E-state index in [2.05, 4.69) is 20.3 Å². The molecular weight excluding hydrogens is 490 g/mol. The molecule has 0 aliphatic heterocycles. The van der Waals surface area contributed by atoms with Crippen molar-refractivity contribution in [1.82, 2.24) is 15.0 Å². The van der Waals surface area contributed by atoms with Crippen molar-refractivity contribution in [2.75, 3.05) is 19.5 Å². The van der Waals surface area contributed by atoms with Gasteiger partial charge in [0.15, 0.2) is 0 Å². The molecule has 4 aromatic rings. The number of esters is 1. The molecule has 11 nitrogen and oxygen atoms in total. The number of methoxy groups -OCH3 is 2. The number of aromatic hydroxyl groups is 1. The summed E-state index contributed by atoms with van der Waals surface area (Å²) in [5.41, 5.74) is 8.49. The molecule has 0 saturated carbocycles. The molecule has 1 amide bonds. The van der Waals surface area contributed by atoms with Crippen LogP contribution in [-0.2, 0) is 4.74 Å². The van der Waals surface area contributed by atoms with E-state index < -0.39 is 11.9 Å². The Balaban J connectivity index is 1.78. The molecule has 1 unspecified atom stereocenters. The number of rotatable bonds is 9. The van der Waals surface area contributed by atoms with Crippen molar-refractivity contribution in [3.05, 3.63) is 59.9 Å². The highest BCUT2D eigenvalue weighted by atomic mass is 16.5. The van der Waals surface area contributed by atoms with Crippen molar-refractivity contribution in [3.8, 4) is 28.8 Å². The van der Waals surface area contributed by atoms with Gasteiger partial charge in [-0.2, -0.15) is 4.98 Å².